The Morgan fingerprint density at radius 3 is 2.78 bits per heavy atom. The summed E-state index contributed by atoms with van der Waals surface area (Å²) < 4.78 is 4.65. The van der Waals surface area contributed by atoms with E-state index in [0.29, 0.717) is 5.56 Å². The fraction of sp³-hybridized carbons (Fsp3) is 0.571. The molecule has 4 heteroatoms. The summed E-state index contributed by atoms with van der Waals surface area (Å²) in [6.07, 6.45) is 8.40. The fourth-order valence-corrected chi connectivity index (χ4v) is 3.43. The van der Waals surface area contributed by atoms with Crippen LogP contribution in [0, 0.1) is 0 Å². The molecule has 1 fully saturated rings. The van der Waals surface area contributed by atoms with Gasteiger partial charge in [0.2, 0.25) is 0 Å². The van der Waals surface area contributed by atoms with Gasteiger partial charge in [-0.05, 0) is 25.0 Å². The number of rotatable bonds is 4. The van der Waals surface area contributed by atoms with Crippen molar-refractivity contribution in [2.24, 2.45) is 0 Å². The minimum Gasteiger partial charge on any atom is -0.465 e. The molecule has 0 saturated heterocycles. The Balaban J connectivity index is 1.84. The van der Waals surface area contributed by atoms with Crippen molar-refractivity contribution in [3.8, 4) is 0 Å². The second-order valence-electron chi connectivity index (χ2n) is 4.60. The summed E-state index contributed by atoms with van der Waals surface area (Å²) in [5.41, 5.74) is 1.56. The largest absolute Gasteiger partial charge is 0.465 e. The quantitative estimate of drug-likeness (QED) is 0.782. The third-order valence-corrected chi connectivity index (χ3v) is 4.67. The van der Waals surface area contributed by atoms with Gasteiger partial charge in [-0.25, -0.2) is 4.79 Å². The van der Waals surface area contributed by atoms with Gasteiger partial charge >= 0.3 is 5.97 Å². The Hall–Kier alpha value is -1.03. The monoisotopic (exact) mass is 265 g/mol. The molecule has 18 heavy (non-hydrogen) atoms. The van der Waals surface area contributed by atoms with E-state index in [0.717, 1.165) is 16.7 Å². The number of hydrogen-bond donors (Lipinski definition) is 0. The minimum absolute atomic E-state index is 0.325. The topological polar surface area (TPSA) is 39.2 Å². The summed E-state index contributed by atoms with van der Waals surface area (Å²) in [4.78, 5) is 15.6. The minimum atomic E-state index is -0.325. The first kappa shape index (κ1) is 13.4. The molecule has 1 aliphatic rings. The summed E-state index contributed by atoms with van der Waals surface area (Å²) in [6.45, 7) is 0. The molecule has 0 aliphatic heterocycles. The van der Waals surface area contributed by atoms with Crippen LogP contribution in [0.2, 0.25) is 0 Å². The van der Waals surface area contributed by atoms with Gasteiger partial charge in [-0.15, -0.1) is 0 Å². The number of thioether (sulfide) groups is 1. The molecular weight excluding hydrogens is 246 g/mol. The lowest BCUT2D eigenvalue weighted by molar-refractivity contribution is 0.0600. The predicted molar refractivity (Wildman–Crippen MR) is 73.7 cm³/mol. The maximum Gasteiger partial charge on any atom is 0.339 e. The third kappa shape index (κ3) is 3.73. The molecule has 0 amide bonds. The van der Waals surface area contributed by atoms with Gasteiger partial charge in [-0.2, -0.15) is 11.8 Å². The molecule has 0 radical (unpaired) electrons. The van der Waals surface area contributed by atoms with Crippen LogP contribution in [0.1, 0.15) is 48.2 Å². The Morgan fingerprint density at radius 2 is 2.17 bits per heavy atom. The van der Waals surface area contributed by atoms with Crippen molar-refractivity contribution >= 4 is 17.7 Å². The van der Waals surface area contributed by atoms with Gasteiger partial charge in [0.1, 0.15) is 0 Å². The van der Waals surface area contributed by atoms with E-state index in [4.69, 9.17) is 0 Å². The van der Waals surface area contributed by atoms with E-state index < -0.39 is 0 Å². The van der Waals surface area contributed by atoms with Gasteiger partial charge in [0.05, 0.1) is 18.4 Å². The van der Waals surface area contributed by atoms with Crippen molar-refractivity contribution in [3.05, 3.63) is 29.6 Å². The Bertz CT molecular complexity index is 385. The van der Waals surface area contributed by atoms with E-state index in [-0.39, 0.29) is 5.97 Å². The maximum atomic E-state index is 11.3. The van der Waals surface area contributed by atoms with E-state index >= 15 is 0 Å². The molecule has 1 saturated carbocycles. The number of aromatic nitrogens is 1. The molecule has 3 nitrogen and oxygen atoms in total. The van der Waals surface area contributed by atoms with Crippen LogP contribution in [-0.2, 0) is 10.5 Å². The number of carbonyl (C=O) groups excluding carboxylic acids is 1. The van der Waals surface area contributed by atoms with Crippen LogP contribution in [-0.4, -0.2) is 23.3 Å². The van der Waals surface area contributed by atoms with E-state index in [9.17, 15) is 4.79 Å². The molecule has 0 atom stereocenters. The number of nitrogens with zero attached hydrogens (tertiary/aromatic N) is 1. The molecular formula is C14H19NO2S. The lowest BCUT2D eigenvalue weighted by atomic mass is 10.0. The zero-order valence-corrected chi connectivity index (χ0v) is 11.5. The van der Waals surface area contributed by atoms with Crippen molar-refractivity contribution in [1.82, 2.24) is 4.98 Å². The third-order valence-electron chi connectivity index (χ3n) is 3.26. The predicted octanol–water partition coefficient (Wildman–Crippen LogP) is 3.43. The average Bonchev–Trinajstić information content (AvgIpc) is 2.46. The second kappa shape index (κ2) is 6.78. The van der Waals surface area contributed by atoms with Gasteiger partial charge in [0.15, 0.2) is 0 Å². The molecule has 1 aromatic heterocycles. The fourth-order valence-electron chi connectivity index (χ4n) is 2.18. The number of ether oxygens (including phenoxy) is 1. The van der Waals surface area contributed by atoms with Crippen LogP contribution >= 0.6 is 11.8 Å². The lowest BCUT2D eigenvalue weighted by Gasteiger charge is -2.20. The van der Waals surface area contributed by atoms with Crippen LogP contribution in [0.4, 0.5) is 0 Å². The van der Waals surface area contributed by atoms with Crippen LogP contribution in [0.3, 0.4) is 0 Å². The molecule has 2 rings (SSSR count). The highest BCUT2D eigenvalue weighted by Crippen LogP contribution is 2.29. The first-order valence-electron chi connectivity index (χ1n) is 6.44. The molecule has 0 bridgehead atoms. The SMILES string of the molecule is COC(=O)c1ccc(CSC2CCCCC2)nc1. The van der Waals surface area contributed by atoms with Gasteiger partial charge < -0.3 is 4.74 Å². The highest BCUT2D eigenvalue weighted by Gasteiger charge is 2.14. The first-order chi connectivity index (χ1) is 8.79. The molecule has 98 valence electrons. The molecule has 1 aliphatic carbocycles. The lowest BCUT2D eigenvalue weighted by Crippen LogP contribution is -2.08. The Morgan fingerprint density at radius 1 is 1.39 bits per heavy atom. The molecule has 0 spiro atoms. The first-order valence-corrected chi connectivity index (χ1v) is 7.49. The van der Waals surface area contributed by atoms with Crippen molar-refractivity contribution in [2.45, 2.75) is 43.1 Å². The normalized spacial score (nSPS) is 16.5. The van der Waals surface area contributed by atoms with Crippen molar-refractivity contribution < 1.29 is 9.53 Å². The standard InChI is InChI=1S/C14H19NO2S/c1-17-14(16)11-7-8-12(15-9-11)10-18-13-5-3-2-4-6-13/h7-9,13H,2-6,10H2,1H3. The Kier molecular flexibility index (Phi) is 5.05. The van der Waals surface area contributed by atoms with Gasteiger partial charge in [0, 0.05) is 17.2 Å². The second-order valence-corrected chi connectivity index (χ2v) is 5.89. The zero-order valence-electron chi connectivity index (χ0n) is 10.7. The van der Waals surface area contributed by atoms with Crippen molar-refractivity contribution in [1.29, 1.82) is 0 Å². The number of hydrogen-bond acceptors (Lipinski definition) is 4. The maximum absolute atomic E-state index is 11.3. The van der Waals surface area contributed by atoms with Gasteiger partial charge in [-0.1, -0.05) is 19.3 Å². The van der Waals surface area contributed by atoms with Crippen LogP contribution in [0.5, 0.6) is 0 Å². The molecule has 0 unspecified atom stereocenters. The smallest absolute Gasteiger partial charge is 0.339 e. The summed E-state index contributed by atoms with van der Waals surface area (Å²) in [5, 5.41) is 0.792. The summed E-state index contributed by atoms with van der Waals surface area (Å²) in [7, 11) is 1.38. The van der Waals surface area contributed by atoms with Crippen molar-refractivity contribution in [3.63, 3.8) is 0 Å². The summed E-state index contributed by atoms with van der Waals surface area (Å²) >= 11 is 1.99. The summed E-state index contributed by atoms with van der Waals surface area (Å²) in [6, 6.07) is 3.71. The van der Waals surface area contributed by atoms with Crippen LogP contribution in [0.25, 0.3) is 0 Å². The highest BCUT2D eigenvalue weighted by atomic mass is 32.2. The van der Waals surface area contributed by atoms with E-state index in [1.807, 2.05) is 17.8 Å². The van der Waals surface area contributed by atoms with Crippen LogP contribution < -0.4 is 0 Å². The van der Waals surface area contributed by atoms with Gasteiger partial charge in [0.25, 0.3) is 0 Å². The van der Waals surface area contributed by atoms with Crippen molar-refractivity contribution in [2.75, 3.05) is 7.11 Å². The van der Waals surface area contributed by atoms with E-state index in [2.05, 4.69) is 9.72 Å². The van der Waals surface area contributed by atoms with E-state index in [1.165, 1.54) is 39.2 Å². The molecule has 0 N–H and O–H groups in total. The molecule has 1 heterocycles. The zero-order chi connectivity index (χ0) is 12.8. The Labute approximate surface area is 112 Å². The van der Waals surface area contributed by atoms with Crippen LogP contribution in [0.15, 0.2) is 18.3 Å². The number of pyridine rings is 1. The van der Waals surface area contributed by atoms with E-state index in [1.54, 1.807) is 12.3 Å². The average molecular weight is 265 g/mol. The number of carbonyl (C=O) groups is 1. The molecule has 1 aromatic rings. The number of methoxy groups -OCH3 is 1. The number of esters is 1. The highest BCUT2D eigenvalue weighted by molar-refractivity contribution is 7.99. The van der Waals surface area contributed by atoms with Gasteiger partial charge in [-0.3, -0.25) is 4.98 Å². The molecule has 0 aromatic carbocycles. The summed E-state index contributed by atoms with van der Waals surface area (Å²) in [5.74, 6) is 0.612.